The fraction of sp³-hybridized carbons (Fsp3) is 0.300. The molecule has 8 heteroatoms. The number of likely N-dealkylation sites (tertiary alicyclic amines) is 1. The molecule has 2 aliphatic heterocycles. The molecule has 2 aliphatic rings. The van der Waals surface area contributed by atoms with Gasteiger partial charge in [-0.15, -0.1) is 0 Å². The van der Waals surface area contributed by atoms with Gasteiger partial charge in [-0.25, -0.2) is 4.79 Å². The van der Waals surface area contributed by atoms with Gasteiger partial charge in [-0.1, -0.05) is 72.9 Å². The number of thiocarbonyl (C=S) groups is 1. The molecule has 0 spiro atoms. The van der Waals surface area contributed by atoms with E-state index in [4.69, 9.17) is 21.4 Å². The van der Waals surface area contributed by atoms with Gasteiger partial charge in [0.05, 0.1) is 23.6 Å². The Hall–Kier alpha value is -3.20. The number of hydrogen-bond donors (Lipinski definition) is 0. The van der Waals surface area contributed by atoms with Crippen LogP contribution in [0.5, 0.6) is 0 Å². The van der Waals surface area contributed by atoms with Gasteiger partial charge in [-0.3, -0.25) is 9.69 Å². The lowest BCUT2D eigenvalue weighted by Crippen LogP contribution is -2.31. The maximum Gasteiger partial charge on any atom is 0.338 e. The summed E-state index contributed by atoms with van der Waals surface area (Å²) in [5.41, 5.74) is 2.37. The van der Waals surface area contributed by atoms with Gasteiger partial charge in [0.1, 0.15) is 15.8 Å². The van der Waals surface area contributed by atoms with Crippen LogP contribution in [-0.2, 0) is 16.1 Å². The Morgan fingerprint density at radius 1 is 1.00 bits per heavy atom. The smallest absolute Gasteiger partial charge is 0.338 e. The van der Waals surface area contributed by atoms with Crippen molar-refractivity contribution in [2.45, 2.75) is 32.2 Å². The third kappa shape index (κ3) is 6.62. The van der Waals surface area contributed by atoms with Crippen LogP contribution in [0.2, 0.25) is 0 Å². The molecular formula is C30H30N2O4S2. The highest BCUT2D eigenvalue weighted by atomic mass is 32.2. The Kier molecular flexibility index (Phi) is 8.73. The zero-order valence-corrected chi connectivity index (χ0v) is 22.8. The minimum absolute atomic E-state index is 0.124. The zero-order valence-electron chi connectivity index (χ0n) is 21.1. The van der Waals surface area contributed by atoms with Crippen molar-refractivity contribution < 1.29 is 18.7 Å². The van der Waals surface area contributed by atoms with Crippen molar-refractivity contribution in [3.8, 4) is 11.3 Å². The van der Waals surface area contributed by atoms with Crippen molar-refractivity contribution in [3.63, 3.8) is 0 Å². The predicted octanol–water partition coefficient (Wildman–Crippen LogP) is 6.38. The van der Waals surface area contributed by atoms with E-state index in [1.807, 2.05) is 54.6 Å². The standard InChI is InChI=1S/C30H30N2O4S2/c33-28-27(38-30(37)32(28)21-22-8-3-1-4-9-22)20-25-14-15-26(36-25)23-10-12-24(13-11-23)29(34)35-19-7-18-31-16-5-2-6-17-31/h1,3-4,8-15,20H,2,5-7,16-19,21H2/b27-20+. The SMILES string of the molecule is O=C(OCCCN1CCCCC1)c1ccc(-c2ccc(/C=C3/SC(=S)N(Cc4ccccc4)C3=O)o2)cc1. The molecule has 3 heterocycles. The fourth-order valence-corrected chi connectivity index (χ4v) is 5.84. The molecule has 0 unspecified atom stereocenters. The van der Waals surface area contributed by atoms with E-state index in [0.29, 0.717) is 39.5 Å². The number of carbonyl (C=O) groups excluding carboxylic acids is 2. The van der Waals surface area contributed by atoms with Crippen LogP contribution in [-0.4, -0.2) is 52.2 Å². The summed E-state index contributed by atoms with van der Waals surface area (Å²) in [6.07, 6.45) is 6.42. The summed E-state index contributed by atoms with van der Waals surface area (Å²) in [6.45, 7) is 4.15. The Morgan fingerprint density at radius 2 is 1.76 bits per heavy atom. The molecule has 0 saturated carbocycles. The average molecular weight is 547 g/mol. The Morgan fingerprint density at radius 3 is 2.53 bits per heavy atom. The monoisotopic (exact) mass is 546 g/mol. The van der Waals surface area contributed by atoms with E-state index in [1.54, 1.807) is 23.1 Å². The normalized spacial score (nSPS) is 17.4. The van der Waals surface area contributed by atoms with Crippen LogP contribution >= 0.6 is 24.0 Å². The number of hydrogen-bond acceptors (Lipinski definition) is 7. The van der Waals surface area contributed by atoms with Gasteiger partial charge < -0.3 is 14.1 Å². The molecule has 2 fully saturated rings. The summed E-state index contributed by atoms with van der Waals surface area (Å²) in [6, 6.07) is 20.6. The van der Waals surface area contributed by atoms with E-state index < -0.39 is 0 Å². The van der Waals surface area contributed by atoms with Gasteiger partial charge in [0.25, 0.3) is 5.91 Å². The van der Waals surface area contributed by atoms with Crippen LogP contribution in [0.1, 0.15) is 47.4 Å². The summed E-state index contributed by atoms with van der Waals surface area (Å²) < 4.78 is 12.0. The van der Waals surface area contributed by atoms with E-state index in [9.17, 15) is 9.59 Å². The van der Waals surface area contributed by atoms with Crippen LogP contribution in [0.15, 0.2) is 76.1 Å². The number of amides is 1. The van der Waals surface area contributed by atoms with Crippen LogP contribution in [0, 0.1) is 0 Å². The lowest BCUT2D eigenvalue weighted by atomic mass is 10.1. The number of furan rings is 1. The maximum atomic E-state index is 12.9. The van der Waals surface area contributed by atoms with Crippen LogP contribution in [0.3, 0.4) is 0 Å². The number of benzene rings is 2. The van der Waals surface area contributed by atoms with Crippen LogP contribution in [0.4, 0.5) is 0 Å². The van der Waals surface area contributed by atoms with E-state index in [-0.39, 0.29) is 11.9 Å². The topological polar surface area (TPSA) is 63.0 Å². The largest absolute Gasteiger partial charge is 0.462 e. The number of ether oxygens (including phenoxy) is 1. The summed E-state index contributed by atoms with van der Waals surface area (Å²) >= 11 is 6.72. The fourth-order valence-electron chi connectivity index (χ4n) is 4.61. The molecular weight excluding hydrogens is 516 g/mol. The number of carbonyl (C=O) groups is 2. The number of thioether (sulfide) groups is 1. The second-order valence-electron chi connectivity index (χ2n) is 9.42. The molecule has 3 aromatic rings. The minimum atomic E-state index is -0.312. The lowest BCUT2D eigenvalue weighted by molar-refractivity contribution is -0.122. The number of piperidine rings is 1. The minimum Gasteiger partial charge on any atom is -0.462 e. The molecule has 0 aliphatic carbocycles. The molecule has 0 atom stereocenters. The Bertz CT molecular complexity index is 1310. The maximum absolute atomic E-state index is 12.9. The first-order valence-corrected chi connectivity index (χ1v) is 14.2. The van der Waals surface area contributed by atoms with Gasteiger partial charge in [0, 0.05) is 18.2 Å². The van der Waals surface area contributed by atoms with Crippen molar-refractivity contribution >= 4 is 46.3 Å². The van der Waals surface area contributed by atoms with E-state index in [2.05, 4.69) is 4.90 Å². The second kappa shape index (κ2) is 12.6. The van der Waals surface area contributed by atoms with Gasteiger partial charge in [0.15, 0.2) is 0 Å². The zero-order chi connectivity index (χ0) is 26.3. The highest BCUT2D eigenvalue weighted by molar-refractivity contribution is 8.26. The molecule has 1 amide bonds. The molecule has 1 aromatic heterocycles. The molecule has 2 saturated heterocycles. The lowest BCUT2D eigenvalue weighted by Gasteiger charge is -2.26. The summed E-state index contributed by atoms with van der Waals surface area (Å²) in [5.74, 6) is 0.781. The van der Waals surface area contributed by atoms with Crippen LogP contribution < -0.4 is 0 Å². The van der Waals surface area contributed by atoms with Crippen molar-refractivity contribution in [2.75, 3.05) is 26.2 Å². The number of nitrogens with zero attached hydrogens (tertiary/aromatic N) is 2. The quantitative estimate of drug-likeness (QED) is 0.134. The number of esters is 1. The highest BCUT2D eigenvalue weighted by Crippen LogP contribution is 2.34. The Labute approximate surface area is 232 Å². The summed E-state index contributed by atoms with van der Waals surface area (Å²) in [5, 5.41) is 0. The molecule has 6 nitrogen and oxygen atoms in total. The van der Waals surface area contributed by atoms with Crippen molar-refractivity contribution in [1.29, 1.82) is 0 Å². The van der Waals surface area contributed by atoms with Crippen LogP contribution in [0.25, 0.3) is 17.4 Å². The van der Waals surface area contributed by atoms with Crippen molar-refractivity contribution in [1.82, 2.24) is 9.80 Å². The van der Waals surface area contributed by atoms with E-state index in [1.165, 1.54) is 31.0 Å². The molecule has 2 aromatic carbocycles. The van der Waals surface area contributed by atoms with Gasteiger partial charge in [-0.2, -0.15) is 0 Å². The molecule has 0 radical (unpaired) electrons. The van der Waals surface area contributed by atoms with E-state index in [0.717, 1.165) is 37.2 Å². The second-order valence-corrected chi connectivity index (χ2v) is 11.1. The molecule has 38 heavy (non-hydrogen) atoms. The van der Waals surface area contributed by atoms with Gasteiger partial charge in [-0.05, 0) is 62.2 Å². The van der Waals surface area contributed by atoms with Crippen molar-refractivity contribution in [3.05, 3.63) is 88.5 Å². The molecule has 5 rings (SSSR count). The first kappa shape index (κ1) is 26.4. The average Bonchev–Trinajstić information content (AvgIpc) is 3.52. The first-order valence-electron chi connectivity index (χ1n) is 13.0. The summed E-state index contributed by atoms with van der Waals surface area (Å²) in [4.78, 5) is 29.9. The number of rotatable bonds is 9. The third-order valence-corrected chi connectivity index (χ3v) is 8.04. The van der Waals surface area contributed by atoms with E-state index >= 15 is 0 Å². The van der Waals surface area contributed by atoms with Gasteiger partial charge in [0.2, 0.25) is 0 Å². The molecule has 0 bridgehead atoms. The Balaban J connectivity index is 1.15. The molecule has 196 valence electrons. The third-order valence-electron chi connectivity index (χ3n) is 6.66. The predicted molar refractivity (Wildman–Crippen MR) is 154 cm³/mol. The summed E-state index contributed by atoms with van der Waals surface area (Å²) in [7, 11) is 0. The molecule has 0 N–H and O–H groups in total. The van der Waals surface area contributed by atoms with Crippen molar-refractivity contribution in [2.24, 2.45) is 0 Å². The highest BCUT2D eigenvalue weighted by Gasteiger charge is 2.32. The van der Waals surface area contributed by atoms with Gasteiger partial charge >= 0.3 is 5.97 Å². The first-order chi connectivity index (χ1) is 18.6.